The molecule has 124 valence electrons. The molecule has 4 rings (SSSR count). The summed E-state index contributed by atoms with van der Waals surface area (Å²) in [6.07, 6.45) is 3.99. The van der Waals surface area contributed by atoms with E-state index in [4.69, 9.17) is 4.74 Å². The molecule has 0 amide bonds. The zero-order valence-electron chi connectivity index (χ0n) is 13.3. The average Bonchev–Trinajstić information content (AvgIpc) is 3.21. The van der Waals surface area contributed by atoms with E-state index in [1.165, 1.54) is 11.3 Å². The molecule has 0 radical (unpaired) electrons. The standard InChI is InChI=1S/C18H13BrN4OS/c1-24-13-9-6-12(7-10-13)8-11-16-22-23-17(20-21-18(23)25-16)14-4-2-3-5-15(14)19/h2-11H,1H3. The summed E-state index contributed by atoms with van der Waals surface area (Å²) in [5, 5.41) is 14.0. The molecule has 25 heavy (non-hydrogen) atoms. The fraction of sp³-hybridized carbons (Fsp3) is 0.0556. The van der Waals surface area contributed by atoms with Crippen LogP contribution in [0.5, 0.6) is 5.75 Å². The van der Waals surface area contributed by atoms with Gasteiger partial charge in [0, 0.05) is 10.0 Å². The molecule has 0 N–H and O–H groups in total. The van der Waals surface area contributed by atoms with Crippen LogP contribution >= 0.6 is 27.3 Å². The van der Waals surface area contributed by atoms with Gasteiger partial charge >= 0.3 is 0 Å². The molecule has 0 fully saturated rings. The van der Waals surface area contributed by atoms with Crippen LogP contribution < -0.4 is 4.74 Å². The quantitative estimate of drug-likeness (QED) is 0.483. The number of halogens is 1. The molecule has 2 heterocycles. The maximum atomic E-state index is 5.17. The summed E-state index contributed by atoms with van der Waals surface area (Å²) >= 11 is 5.05. The van der Waals surface area contributed by atoms with Crippen molar-refractivity contribution in [3.63, 3.8) is 0 Å². The number of hydrogen-bond donors (Lipinski definition) is 0. The van der Waals surface area contributed by atoms with E-state index < -0.39 is 0 Å². The normalized spacial score (nSPS) is 11.4. The summed E-state index contributed by atoms with van der Waals surface area (Å²) in [6, 6.07) is 15.8. The topological polar surface area (TPSA) is 52.3 Å². The van der Waals surface area contributed by atoms with Crippen LogP contribution in [0.3, 0.4) is 0 Å². The van der Waals surface area contributed by atoms with E-state index in [1.807, 2.05) is 60.7 Å². The summed E-state index contributed by atoms with van der Waals surface area (Å²) in [5.74, 6) is 1.57. The molecule has 0 aliphatic carbocycles. The third kappa shape index (κ3) is 3.20. The van der Waals surface area contributed by atoms with Gasteiger partial charge in [0.05, 0.1) is 7.11 Å². The van der Waals surface area contributed by atoms with Crippen LogP contribution in [0.2, 0.25) is 0 Å². The minimum atomic E-state index is 0.725. The van der Waals surface area contributed by atoms with Crippen LogP contribution in [0.1, 0.15) is 10.6 Å². The van der Waals surface area contributed by atoms with Crippen molar-refractivity contribution in [3.05, 3.63) is 63.6 Å². The van der Waals surface area contributed by atoms with Crippen LogP contribution in [0.15, 0.2) is 53.0 Å². The summed E-state index contributed by atoms with van der Waals surface area (Å²) in [7, 11) is 1.66. The second-order valence-corrected chi connectivity index (χ2v) is 7.09. The molecule has 7 heteroatoms. The Morgan fingerprint density at radius 1 is 1.04 bits per heavy atom. The van der Waals surface area contributed by atoms with Gasteiger partial charge in [0.2, 0.25) is 4.96 Å². The lowest BCUT2D eigenvalue weighted by Crippen LogP contribution is -1.91. The monoisotopic (exact) mass is 412 g/mol. The smallest absolute Gasteiger partial charge is 0.235 e. The Kier molecular flexibility index (Phi) is 4.33. The zero-order chi connectivity index (χ0) is 17.2. The van der Waals surface area contributed by atoms with Crippen LogP contribution in [-0.2, 0) is 0 Å². The van der Waals surface area contributed by atoms with Crippen molar-refractivity contribution in [2.75, 3.05) is 7.11 Å². The summed E-state index contributed by atoms with van der Waals surface area (Å²) < 4.78 is 7.91. The lowest BCUT2D eigenvalue weighted by molar-refractivity contribution is 0.415. The average molecular weight is 413 g/mol. The van der Waals surface area contributed by atoms with Crippen molar-refractivity contribution < 1.29 is 4.74 Å². The van der Waals surface area contributed by atoms with Crippen LogP contribution in [0.25, 0.3) is 28.5 Å². The van der Waals surface area contributed by atoms with Gasteiger partial charge in [-0.1, -0.05) is 57.6 Å². The van der Waals surface area contributed by atoms with Crippen LogP contribution in [-0.4, -0.2) is 26.9 Å². The molecule has 2 aromatic carbocycles. The van der Waals surface area contributed by atoms with Gasteiger partial charge in [-0.3, -0.25) is 0 Å². The van der Waals surface area contributed by atoms with Crippen molar-refractivity contribution in [2.24, 2.45) is 0 Å². The maximum Gasteiger partial charge on any atom is 0.235 e. The van der Waals surface area contributed by atoms with Gasteiger partial charge in [-0.25, -0.2) is 0 Å². The molecule has 2 aromatic heterocycles. The van der Waals surface area contributed by atoms with E-state index >= 15 is 0 Å². The second kappa shape index (κ2) is 6.78. The molecule has 4 aromatic rings. The van der Waals surface area contributed by atoms with Crippen molar-refractivity contribution in [1.29, 1.82) is 0 Å². The van der Waals surface area contributed by atoms with Crippen molar-refractivity contribution in [3.8, 4) is 17.1 Å². The Hall–Kier alpha value is -2.51. The molecule has 0 atom stereocenters. The van der Waals surface area contributed by atoms with Gasteiger partial charge in [0.15, 0.2) is 5.82 Å². The Labute approximate surface area is 156 Å². The predicted octanol–water partition coefficient (Wildman–Crippen LogP) is 4.79. The van der Waals surface area contributed by atoms with Crippen molar-refractivity contribution in [2.45, 2.75) is 0 Å². The van der Waals surface area contributed by atoms with Crippen LogP contribution in [0.4, 0.5) is 0 Å². The van der Waals surface area contributed by atoms with E-state index in [1.54, 1.807) is 11.6 Å². The zero-order valence-corrected chi connectivity index (χ0v) is 15.7. The number of hydrogen-bond acceptors (Lipinski definition) is 5. The van der Waals surface area contributed by atoms with Gasteiger partial charge < -0.3 is 4.74 Å². The molecular weight excluding hydrogens is 400 g/mol. The third-order valence-corrected chi connectivity index (χ3v) is 5.21. The van der Waals surface area contributed by atoms with Crippen molar-refractivity contribution in [1.82, 2.24) is 19.8 Å². The lowest BCUT2D eigenvalue weighted by atomic mass is 10.2. The minimum Gasteiger partial charge on any atom is -0.497 e. The van der Waals surface area contributed by atoms with E-state index in [-0.39, 0.29) is 0 Å². The maximum absolute atomic E-state index is 5.17. The lowest BCUT2D eigenvalue weighted by Gasteiger charge is -1.99. The minimum absolute atomic E-state index is 0.725. The Morgan fingerprint density at radius 3 is 2.60 bits per heavy atom. The molecule has 0 unspecified atom stereocenters. The highest BCUT2D eigenvalue weighted by molar-refractivity contribution is 9.10. The number of aromatic nitrogens is 4. The number of rotatable bonds is 4. The number of benzene rings is 2. The number of ether oxygens (including phenoxy) is 1. The van der Waals surface area contributed by atoms with E-state index in [9.17, 15) is 0 Å². The first-order valence-corrected chi connectivity index (χ1v) is 9.15. The number of fused-ring (bicyclic) bond motifs is 1. The first-order valence-electron chi connectivity index (χ1n) is 7.54. The molecule has 0 aliphatic rings. The van der Waals surface area contributed by atoms with E-state index in [2.05, 4.69) is 31.2 Å². The third-order valence-electron chi connectivity index (χ3n) is 3.66. The highest BCUT2D eigenvalue weighted by Gasteiger charge is 2.14. The van der Waals surface area contributed by atoms with Gasteiger partial charge in [-0.15, -0.1) is 10.2 Å². The highest BCUT2D eigenvalue weighted by atomic mass is 79.9. The van der Waals surface area contributed by atoms with Gasteiger partial charge in [0.25, 0.3) is 0 Å². The fourth-order valence-electron chi connectivity index (χ4n) is 2.39. The van der Waals surface area contributed by atoms with Crippen molar-refractivity contribution >= 4 is 44.4 Å². The molecule has 0 spiro atoms. The Bertz CT molecular complexity index is 1050. The number of nitrogens with zero attached hydrogens (tertiary/aromatic N) is 4. The van der Waals surface area contributed by atoms with Gasteiger partial charge in [-0.05, 0) is 35.9 Å². The molecule has 0 bridgehead atoms. The SMILES string of the molecule is COc1ccc(C=Cc2nn3c(-c4ccccc4Br)nnc3s2)cc1. The van der Waals surface area contributed by atoms with E-state index in [0.717, 1.165) is 37.1 Å². The number of methoxy groups -OCH3 is 1. The highest BCUT2D eigenvalue weighted by Crippen LogP contribution is 2.28. The first-order chi connectivity index (χ1) is 12.2. The Balaban J connectivity index is 1.66. The summed E-state index contributed by atoms with van der Waals surface area (Å²) in [5.41, 5.74) is 2.05. The van der Waals surface area contributed by atoms with Gasteiger partial charge in [0.1, 0.15) is 10.8 Å². The largest absolute Gasteiger partial charge is 0.497 e. The molecule has 0 saturated carbocycles. The molecular formula is C18H13BrN4OS. The summed E-state index contributed by atoms with van der Waals surface area (Å²) in [4.78, 5) is 0.764. The Morgan fingerprint density at radius 2 is 1.84 bits per heavy atom. The first kappa shape index (κ1) is 16.0. The summed E-state index contributed by atoms with van der Waals surface area (Å²) in [6.45, 7) is 0. The second-order valence-electron chi connectivity index (χ2n) is 5.24. The molecule has 0 saturated heterocycles. The molecule has 0 aliphatic heterocycles. The van der Waals surface area contributed by atoms with Gasteiger partial charge in [-0.2, -0.15) is 9.61 Å². The predicted molar refractivity (Wildman–Crippen MR) is 104 cm³/mol. The van der Waals surface area contributed by atoms with E-state index in [0.29, 0.717) is 0 Å². The van der Waals surface area contributed by atoms with Crippen LogP contribution in [0, 0.1) is 0 Å². The molecule has 5 nitrogen and oxygen atoms in total. The fourth-order valence-corrected chi connectivity index (χ4v) is 3.60.